The number of halogens is 1. The van der Waals surface area contributed by atoms with E-state index in [2.05, 4.69) is 4.98 Å². The van der Waals surface area contributed by atoms with Gasteiger partial charge in [-0.1, -0.05) is 6.07 Å². The molecule has 0 aliphatic rings. The lowest BCUT2D eigenvalue weighted by Crippen LogP contribution is -1.95. The summed E-state index contributed by atoms with van der Waals surface area (Å²) in [5.41, 5.74) is 7.17. The number of anilines is 1. The molecular weight excluding hydrogens is 211 g/mol. The number of nitrogens with zero attached hydrogens (tertiary/aromatic N) is 1. The molecule has 15 heavy (non-hydrogen) atoms. The second kappa shape index (κ2) is 3.98. The van der Waals surface area contributed by atoms with Crippen LogP contribution in [0.2, 0.25) is 0 Å². The molecule has 1 heterocycles. The van der Waals surface area contributed by atoms with E-state index < -0.39 is 0 Å². The quantitative estimate of drug-likeness (QED) is 0.793. The minimum atomic E-state index is -0.295. The van der Waals surface area contributed by atoms with E-state index >= 15 is 0 Å². The van der Waals surface area contributed by atoms with Gasteiger partial charge in [0.15, 0.2) is 0 Å². The molecule has 0 unspecified atom stereocenters. The lowest BCUT2D eigenvalue weighted by Gasteiger charge is -2.03. The fourth-order valence-electron chi connectivity index (χ4n) is 1.40. The fraction of sp³-hybridized carbons (Fsp3) is 0.182. The summed E-state index contributed by atoms with van der Waals surface area (Å²) in [4.78, 5) is 5.31. The Morgan fingerprint density at radius 1 is 1.47 bits per heavy atom. The van der Waals surface area contributed by atoms with Gasteiger partial charge >= 0.3 is 0 Å². The van der Waals surface area contributed by atoms with Gasteiger partial charge in [0.2, 0.25) is 0 Å². The van der Waals surface area contributed by atoms with Crippen molar-refractivity contribution in [3.63, 3.8) is 0 Å². The van der Waals surface area contributed by atoms with Crippen LogP contribution in [0.3, 0.4) is 0 Å². The number of aromatic nitrogens is 1. The monoisotopic (exact) mass is 222 g/mol. The van der Waals surface area contributed by atoms with E-state index in [-0.39, 0.29) is 5.82 Å². The summed E-state index contributed by atoms with van der Waals surface area (Å²) < 4.78 is 12.8. The van der Waals surface area contributed by atoms with Crippen molar-refractivity contribution in [2.24, 2.45) is 0 Å². The van der Waals surface area contributed by atoms with E-state index in [0.29, 0.717) is 5.69 Å². The molecule has 0 amide bonds. The van der Waals surface area contributed by atoms with Gasteiger partial charge in [-0.15, -0.1) is 11.3 Å². The van der Waals surface area contributed by atoms with Crippen molar-refractivity contribution >= 4 is 17.0 Å². The maximum absolute atomic E-state index is 12.8. The molecule has 0 aliphatic heterocycles. The highest BCUT2D eigenvalue weighted by Gasteiger charge is 2.04. The number of hydrogen-bond acceptors (Lipinski definition) is 3. The number of hydrogen-bond donors (Lipinski definition) is 1. The number of benzene rings is 1. The molecule has 0 atom stereocenters. The van der Waals surface area contributed by atoms with E-state index in [4.69, 9.17) is 5.73 Å². The molecule has 2 aromatic rings. The molecule has 1 aromatic heterocycles. The van der Waals surface area contributed by atoms with Crippen LogP contribution in [-0.2, 0) is 6.42 Å². The van der Waals surface area contributed by atoms with E-state index in [1.807, 2.05) is 13.1 Å². The molecule has 0 saturated heterocycles. The van der Waals surface area contributed by atoms with Crippen molar-refractivity contribution in [2.45, 2.75) is 13.3 Å². The second-order valence-corrected chi connectivity index (χ2v) is 4.68. The Morgan fingerprint density at radius 3 is 2.87 bits per heavy atom. The predicted molar refractivity (Wildman–Crippen MR) is 60.5 cm³/mol. The minimum Gasteiger partial charge on any atom is -0.398 e. The fourth-order valence-corrected chi connectivity index (χ4v) is 2.22. The highest BCUT2D eigenvalue weighted by atomic mass is 32.1. The second-order valence-electron chi connectivity index (χ2n) is 3.37. The van der Waals surface area contributed by atoms with Gasteiger partial charge in [0.25, 0.3) is 0 Å². The molecule has 2 nitrogen and oxygen atoms in total. The third-order valence-corrected chi connectivity index (χ3v) is 3.05. The predicted octanol–water partition coefficient (Wildman–Crippen LogP) is 2.76. The molecule has 0 saturated carbocycles. The Balaban J connectivity index is 2.24. The first-order chi connectivity index (χ1) is 7.15. The molecule has 1 aromatic carbocycles. The maximum atomic E-state index is 12.8. The largest absolute Gasteiger partial charge is 0.398 e. The zero-order valence-corrected chi connectivity index (χ0v) is 9.14. The van der Waals surface area contributed by atoms with Gasteiger partial charge in [0.1, 0.15) is 5.82 Å². The zero-order valence-electron chi connectivity index (χ0n) is 8.33. The average molecular weight is 222 g/mol. The van der Waals surface area contributed by atoms with Crippen LogP contribution < -0.4 is 5.73 Å². The Morgan fingerprint density at radius 2 is 2.27 bits per heavy atom. The van der Waals surface area contributed by atoms with Crippen LogP contribution in [0.5, 0.6) is 0 Å². The molecule has 4 heteroatoms. The number of thiazole rings is 1. The van der Waals surface area contributed by atoms with E-state index in [9.17, 15) is 4.39 Å². The molecule has 0 bridgehead atoms. The summed E-state index contributed by atoms with van der Waals surface area (Å²) >= 11 is 1.64. The van der Waals surface area contributed by atoms with Crippen LogP contribution in [0.15, 0.2) is 24.4 Å². The lowest BCUT2D eigenvalue weighted by molar-refractivity contribution is 0.628. The van der Waals surface area contributed by atoms with Crippen LogP contribution in [0.4, 0.5) is 10.1 Å². The highest BCUT2D eigenvalue weighted by molar-refractivity contribution is 7.11. The SMILES string of the molecule is Cc1ncc(Cc2ccc(F)cc2N)s1. The van der Waals surface area contributed by atoms with Gasteiger partial charge in [-0.3, -0.25) is 0 Å². The summed E-state index contributed by atoms with van der Waals surface area (Å²) in [6, 6.07) is 4.50. The van der Waals surface area contributed by atoms with Crippen molar-refractivity contribution < 1.29 is 4.39 Å². The standard InChI is InChI=1S/C11H11FN2S/c1-7-14-6-10(15-7)4-8-2-3-9(12)5-11(8)13/h2-3,5-6H,4,13H2,1H3. The van der Waals surface area contributed by atoms with E-state index in [1.54, 1.807) is 17.4 Å². The summed E-state index contributed by atoms with van der Waals surface area (Å²) in [5, 5.41) is 1.03. The Hall–Kier alpha value is -1.42. The van der Waals surface area contributed by atoms with Crippen LogP contribution in [0.25, 0.3) is 0 Å². The van der Waals surface area contributed by atoms with Crippen LogP contribution >= 0.6 is 11.3 Å². The maximum Gasteiger partial charge on any atom is 0.125 e. The van der Waals surface area contributed by atoms with Gasteiger partial charge in [-0.25, -0.2) is 9.37 Å². The van der Waals surface area contributed by atoms with Crippen molar-refractivity contribution in [3.8, 4) is 0 Å². The number of aryl methyl sites for hydroxylation is 1. The Labute approximate surface area is 91.6 Å². The van der Waals surface area contributed by atoms with E-state index in [0.717, 1.165) is 21.9 Å². The molecule has 2 rings (SSSR count). The van der Waals surface area contributed by atoms with E-state index in [1.165, 1.54) is 12.1 Å². The smallest absolute Gasteiger partial charge is 0.125 e. The van der Waals surface area contributed by atoms with Gasteiger partial charge in [0, 0.05) is 23.2 Å². The zero-order chi connectivity index (χ0) is 10.8. The van der Waals surface area contributed by atoms with Gasteiger partial charge in [-0.05, 0) is 24.6 Å². The first-order valence-corrected chi connectivity index (χ1v) is 5.42. The molecule has 0 fully saturated rings. The van der Waals surface area contributed by atoms with Crippen molar-refractivity contribution in [3.05, 3.63) is 45.7 Å². The van der Waals surface area contributed by atoms with Crippen molar-refractivity contribution in [2.75, 3.05) is 5.73 Å². The minimum absolute atomic E-state index is 0.295. The van der Waals surface area contributed by atoms with Crippen LogP contribution in [-0.4, -0.2) is 4.98 Å². The molecule has 2 N–H and O–H groups in total. The first-order valence-electron chi connectivity index (χ1n) is 4.60. The molecule has 78 valence electrons. The van der Waals surface area contributed by atoms with Gasteiger partial charge < -0.3 is 5.73 Å². The molecule has 0 aliphatic carbocycles. The number of nitrogen functional groups attached to an aromatic ring is 1. The van der Waals surface area contributed by atoms with Crippen molar-refractivity contribution in [1.29, 1.82) is 0 Å². The van der Waals surface area contributed by atoms with Crippen molar-refractivity contribution in [1.82, 2.24) is 4.98 Å². The van der Waals surface area contributed by atoms with Gasteiger partial charge in [0.05, 0.1) is 5.01 Å². The molecular formula is C11H11FN2S. The van der Waals surface area contributed by atoms with Crippen LogP contribution in [0, 0.1) is 12.7 Å². The first kappa shape index (κ1) is 10.1. The molecule has 0 radical (unpaired) electrons. The molecule has 0 spiro atoms. The lowest BCUT2D eigenvalue weighted by atomic mass is 10.1. The Kier molecular flexibility index (Phi) is 2.68. The van der Waals surface area contributed by atoms with Gasteiger partial charge in [-0.2, -0.15) is 0 Å². The number of rotatable bonds is 2. The summed E-state index contributed by atoms with van der Waals surface area (Å²) in [5.74, 6) is -0.295. The van der Waals surface area contributed by atoms with Crippen LogP contribution in [0.1, 0.15) is 15.4 Å². The topological polar surface area (TPSA) is 38.9 Å². The summed E-state index contributed by atoms with van der Waals surface area (Å²) in [6.45, 7) is 1.96. The number of nitrogens with two attached hydrogens (primary N) is 1. The normalized spacial score (nSPS) is 10.5. The summed E-state index contributed by atoms with van der Waals surface area (Å²) in [6.07, 6.45) is 2.56. The highest BCUT2D eigenvalue weighted by Crippen LogP contribution is 2.21. The Bertz CT molecular complexity index is 479. The third kappa shape index (κ3) is 2.33. The third-order valence-electron chi connectivity index (χ3n) is 2.14. The summed E-state index contributed by atoms with van der Waals surface area (Å²) in [7, 11) is 0. The average Bonchev–Trinajstić information content (AvgIpc) is 2.56.